The molecule has 20 heavy (non-hydrogen) atoms. The van der Waals surface area contributed by atoms with Crippen molar-refractivity contribution in [1.29, 1.82) is 0 Å². The standard InChI is InChI=1S/C15H22N2O3/c1-15(2,3)20-14(19)11-16-10-13(18)17-9-12-7-5-4-6-8-12/h4-8,16H,9-11H2,1-3H3,(H,17,18). The van der Waals surface area contributed by atoms with Crippen LogP contribution in [0.5, 0.6) is 0 Å². The van der Waals surface area contributed by atoms with Crippen LogP contribution in [0.25, 0.3) is 0 Å². The van der Waals surface area contributed by atoms with Crippen molar-refractivity contribution in [3.05, 3.63) is 35.9 Å². The Morgan fingerprint density at radius 3 is 2.35 bits per heavy atom. The number of ether oxygens (including phenoxy) is 1. The topological polar surface area (TPSA) is 67.4 Å². The van der Waals surface area contributed by atoms with E-state index in [1.54, 1.807) is 20.8 Å². The van der Waals surface area contributed by atoms with Gasteiger partial charge in [-0.1, -0.05) is 30.3 Å². The molecule has 110 valence electrons. The quantitative estimate of drug-likeness (QED) is 0.768. The molecule has 0 fully saturated rings. The maximum Gasteiger partial charge on any atom is 0.320 e. The molecule has 0 bridgehead atoms. The maximum absolute atomic E-state index is 11.6. The summed E-state index contributed by atoms with van der Waals surface area (Å²) in [5, 5.41) is 5.52. The average molecular weight is 278 g/mol. The lowest BCUT2D eigenvalue weighted by molar-refractivity contribution is -0.153. The van der Waals surface area contributed by atoms with Gasteiger partial charge in [-0.2, -0.15) is 0 Å². The largest absolute Gasteiger partial charge is 0.459 e. The molecule has 0 aliphatic heterocycles. The summed E-state index contributed by atoms with van der Waals surface area (Å²) >= 11 is 0. The van der Waals surface area contributed by atoms with E-state index in [0.29, 0.717) is 6.54 Å². The highest BCUT2D eigenvalue weighted by Crippen LogP contribution is 2.06. The Bertz CT molecular complexity index is 438. The molecule has 0 radical (unpaired) electrons. The Kier molecular flexibility index (Phi) is 6.18. The maximum atomic E-state index is 11.6. The van der Waals surface area contributed by atoms with Crippen molar-refractivity contribution in [2.24, 2.45) is 0 Å². The fourth-order valence-electron chi connectivity index (χ4n) is 1.51. The fraction of sp³-hybridized carbons (Fsp3) is 0.467. The lowest BCUT2D eigenvalue weighted by Gasteiger charge is -2.19. The van der Waals surface area contributed by atoms with Crippen molar-refractivity contribution in [3.8, 4) is 0 Å². The second-order valence-electron chi connectivity index (χ2n) is 5.45. The molecule has 1 aromatic rings. The first kappa shape index (κ1) is 16.2. The van der Waals surface area contributed by atoms with Crippen LogP contribution >= 0.6 is 0 Å². The summed E-state index contributed by atoms with van der Waals surface area (Å²) in [5.41, 5.74) is 0.530. The first-order valence-electron chi connectivity index (χ1n) is 6.60. The highest BCUT2D eigenvalue weighted by Gasteiger charge is 2.15. The lowest BCUT2D eigenvalue weighted by Crippen LogP contribution is -2.38. The second-order valence-corrected chi connectivity index (χ2v) is 5.45. The molecule has 5 heteroatoms. The molecule has 0 saturated carbocycles. The van der Waals surface area contributed by atoms with Gasteiger partial charge in [0.1, 0.15) is 5.60 Å². The number of hydrogen-bond acceptors (Lipinski definition) is 4. The molecular formula is C15H22N2O3. The van der Waals surface area contributed by atoms with Gasteiger partial charge < -0.3 is 10.1 Å². The number of esters is 1. The van der Waals surface area contributed by atoms with Gasteiger partial charge >= 0.3 is 5.97 Å². The van der Waals surface area contributed by atoms with E-state index >= 15 is 0 Å². The van der Waals surface area contributed by atoms with Crippen molar-refractivity contribution in [2.45, 2.75) is 32.9 Å². The molecule has 0 saturated heterocycles. The van der Waals surface area contributed by atoms with Gasteiger partial charge in [0, 0.05) is 6.54 Å². The molecule has 0 atom stereocenters. The predicted octanol–water partition coefficient (Wildman–Crippen LogP) is 1.23. The van der Waals surface area contributed by atoms with E-state index in [4.69, 9.17) is 4.74 Å². The van der Waals surface area contributed by atoms with E-state index in [0.717, 1.165) is 5.56 Å². The number of nitrogens with one attached hydrogen (secondary N) is 2. The van der Waals surface area contributed by atoms with Gasteiger partial charge in [-0.3, -0.25) is 14.9 Å². The van der Waals surface area contributed by atoms with E-state index in [1.165, 1.54) is 0 Å². The molecule has 1 rings (SSSR count). The van der Waals surface area contributed by atoms with Crippen LogP contribution in [0.15, 0.2) is 30.3 Å². The van der Waals surface area contributed by atoms with Gasteiger partial charge in [-0.05, 0) is 26.3 Å². The Balaban J connectivity index is 2.16. The van der Waals surface area contributed by atoms with Crippen LogP contribution in [0.1, 0.15) is 26.3 Å². The Labute approximate surface area is 119 Å². The first-order valence-corrected chi connectivity index (χ1v) is 6.60. The van der Waals surface area contributed by atoms with Crippen molar-refractivity contribution in [1.82, 2.24) is 10.6 Å². The van der Waals surface area contributed by atoms with Gasteiger partial charge in [0.25, 0.3) is 0 Å². The number of benzene rings is 1. The van der Waals surface area contributed by atoms with Crippen molar-refractivity contribution >= 4 is 11.9 Å². The molecule has 0 aromatic heterocycles. The molecule has 5 nitrogen and oxygen atoms in total. The molecule has 0 aliphatic carbocycles. The van der Waals surface area contributed by atoms with Gasteiger partial charge in [-0.25, -0.2) is 0 Å². The summed E-state index contributed by atoms with van der Waals surface area (Å²) in [7, 11) is 0. The van der Waals surface area contributed by atoms with E-state index in [2.05, 4.69) is 10.6 Å². The van der Waals surface area contributed by atoms with Gasteiger partial charge in [0.15, 0.2) is 0 Å². The molecular weight excluding hydrogens is 256 g/mol. The third-order valence-electron chi connectivity index (χ3n) is 2.31. The normalized spacial score (nSPS) is 10.9. The zero-order chi connectivity index (χ0) is 15.0. The number of hydrogen-bond donors (Lipinski definition) is 2. The Morgan fingerprint density at radius 2 is 1.75 bits per heavy atom. The van der Waals surface area contributed by atoms with E-state index in [-0.39, 0.29) is 25.0 Å². The first-order chi connectivity index (χ1) is 9.37. The number of carbonyl (C=O) groups is 2. The summed E-state index contributed by atoms with van der Waals surface area (Å²) in [4.78, 5) is 23.0. The van der Waals surface area contributed by atoms with Gasteiger partial charge in [-0.15, -0.1) is 0 Å². The molecule has 0 spiro atoms. The van der Waals surface area contributed by atoms with Gasteiger partial charge in [0.2, 0.25) is 5.91 Å². The van der Waals surface area contributed by atoms with Crippen LogP contribution in [0, 0.1) is 0 Å². The zero-order valence-electron chi connectivity index (χ0n) is 12.2. The number of amides is 1. The third-order valence-corrected chi connectivity index (χ3v) is 2.31. The minimum Gasteiger partial charge on any atom is -0.459 e. The minimum absolute atomic E-state index is 0.0238. The van der Waals surface area contributed by atoms with Crippen LogP contribution in [0.3, 0.4) is 0 Å². The molecule has 1 amide bonds. The highest BCUT2D eigenvalue weighted by molar-refractivity contribution is 5.79. The summed E-state index contributed by atoms with van der Waals surface area (Å²) in [6, 6.07) is 9.64. The number of rotatable bonds is 6. The Hall–Kier alpha value is -1.88. The SMILES string of the molecule is CC(C)(C)OC(=O)CNCC(=O)NCc1ccccc1. The molecule has 1 aromatic carbocycles. The van der Waals surface area contributed by atoms with Crippen LogP contribution in [-0.4, -0.2) is 30.6 Å². The van der Waals surface area contributed by atoms with Crippen molar-refractivity contribution in [3.63, 3.8) is 0 Å². The lowest BCUT2D eigenvalue weighted by atomic mass is 10.2. The van der Waals surface area contributed by atoms with E-state index in [1.807, 2.05) is 30.3 Å². The van der Waals surface area contributed by atoms with Crippen LogP contribution in [0.4, 0.5) is 0 Å². The average Bonchev–Trinajstić information content (AvgIpc) is 2.35. The highest BCUT2D eigenvalue weighted by atomic mass is 16.6. The molecule has 0 aliphatic rings. The predicted molar refractivity (Wildman–Crippen MR) is 77.0 cm³/mol. The summed E-state index contributed by atoms with van der Waals surface area (Å²) in [6.07, 6.45) is 0. The molecule has 0 unspecified atom stereocenters. The smallest absolute Gasteiger partial charge is 0.320 e. The Morgan fingerprint density at radius 1 is 1.10 bits per heavy atom. The fourth-order valence-corrected chi connectivity index (χ4v) is 1.51. The van der Waals surface area contributed by atoms with Gasteiger partial charge in [0.05, 0.1) is 13.1 Å². The molecule has 0 heterocycles. The second kappa shape index (κ2) is 7.65. The van der Waals surface area contributed by atoms with E-state index < -0.39 is 5.60 Å². The molecule has 2 N–H and O–H groups in total. The van der Waals surface area contributed by atoms with Crippen molar-refractivity contribution < 1.29 is 14.3 Å². The van der Waals surface area contributed by atoms with Crippen LogP contribution in [-0.2, 0) is 20.9 Å². The number of carbonyl (C=O) groups excluding carboxylic acids is 2. The summed E-state index contributed by atoms with van der Waals surface area (Å²) in [6.45, 7) is 6.00. The van der Waals surface area contributed by atoms with Crippen LogP contribution in [0.2, 0.25) is 0 Å². The van der Waals surface area contributed by atoms with Crippen LogP contribution < -0.4 is 10.6 Å². The minimum atomic E-state index is -0.506. The third kappa shape index (κ3) is 7.53. The van der Waals surface area contributed by atoms with E-state index in [9.17, 15) is 9.59 Å². The van der Waals surface area contributed by atoms with Crippen molar-refractivity contribution in [2.75, 3.05) is 13.1 Å². The summed E-state index contributed by atoms with van der Waals surface area (Å²) < 4.78 is 5.12. The monoisotopic (exact) mass is 278 g/mol. The zero-order valence-corrected chi connectivity index (χ0v) is 12.2. The summed E-state index contributed by atoms with van der Waals surface area (Å²) in [5.74, 6) is -0.522.